The number of ketones is 1. The van der Waals surface area contributed by atoms with E-state index in [0.29, 0.717) is 11.8 Å². The third-order valence-corrected chi connectivity index (χ3v) is 12.9. The lowest BCUT2D eigenvalue weighted by Crippen LogP contribution is -2.60. The average Bonchev–Trinajstić information content (AvgIpc) is 3.63. The minimum absolute atomic E-state index is 0.0557. The number of carbonyl (C=O) groups is 2. The lowest BCUT2D eigenvalue weighted by atomic mass is 9.44. The summed E-state index contributed by atoms with van der Waals surface area (Å²) in [5.74, 6) is 1.14. The van der Waals surface area contributed by atoms with E-state index in [2.05, 4.69) is 27.7 Å². The summed E-state index contributed by atoms with van der Waals surface area (Å²) in [7, 11) is 0. The quantitative estimate of drug-likeness (QED) is 0.450. The molecule has 1 spiro atoms. The molecule has 0 aromatic heterocycles. The van der Waals surface area contributed by atoms with E-state index in [1.165, 1.54) is 6.92 Å². The SMILES string of the molecule is CC(=O)O[C@@H]1C[C@@H]2[C@@H]3C[C@@H]4O[C@@]45CC=CC(=O)[C@]5(C)[C@H]3CC[C@]2(C)[C@H]1[C@H](C)[C@H]1C[C@]2(C)O[C@]2(C)[C@H](O)O1. The first-order valence-electron chi connectivity index (χ1n) is 14.4. The third kappa shape index (κ3) is 2.87. The maximum Gasteiger partial charge on any atom is 0.302 e. The van der Waals surface area contributed by atoms with Crippen LogP contribution in [0.15, 0.2) is 12.2 Å². The summed E-state index contributed by atoms with van der Waals surface area (Å²) in [4.78, 5) is 25.7. The van der Waals surface area contributed by atoms with E-state index < -0.39 is 22.9 Å². The number of fused-ring (bicyclic) bond motifs is 5. The van der Waals surface area contributed by atoms with Crippen LogP contribution in [0.3, 0.4) is 0 Å². The molecule has 6 fully saturated rings. The minimum atomic E-state index is -0.963. The van der Waals surface area contributed by atoms with Gasteiger partial charge < -0.3 is 24.1 Å². The van der Waals surface area contributed by atoms with Gasteiger partial charge in [-0.1, -0.05) is 19.9 Å². The van der Waals surface area contributed by atoms with Gasteiger partial charge in [-0.25, -0.2) is 0 Å². The third-order valence-electron chi connectivity index (χ3n) is 12.9. The van der Waals surface area contributed by atoms with E-state index >= 15 is 0 Å². The Kier molecular flexibility index (Phi) is 4.86. The van der Waals surface area contributed by atoms with Gasteiger partial charge in [0.05, 0.1) is 17.6 Å². The van der Waals surface area contributed by atoms with E-state index in [1.807, 2.05) is 13.0 Å². The molecule has 0 radical (unpaired) electrons. The molecule has 7 nitrogen and oxygen atoms in total. The number of carbonyl (C=O) groups excluding carboxylic acids is 2. The number of aliphatic hydroxyl groups excluding tert-OH is 1. The van der Waals surface area contributed by atoms with Gasteiger partial charge in [0, 0.05) is 19.3 Å². The molecular formula is C30H42O7. The van der Waals surface area contributed by atoms with Gasteiger partial charge in [-0.15, -0.1) is 0 Å². The topological polar surface area (TPSA) is 97.9 Å². The highest BCUT2D eigenvalue weighted by molar-refractivity contribution is 5.97. The van der Waals surface area contributed by atoms with Crippen molar-refractivity contribution < 1.29 is 33.6 Å². The smallest absolute Gasteiger partial charge is 0.302 e. The summed E-state index contributed by atoms with van der Waals surface area (Å²) < 4.78 is 24.7. The van der Waals surface area contributed by atoms with Crippen molar-refractivity contribution in [2.24, 2.45) is 40.4 Å². The molecule has 0 amide bonds. The largest absolute Gasteiger partial charge is 0.462 e. The van der Waals surface area contributed by atoms with Gasteiger partial charge in [-0.3, -0.25) is 9.59 Å². The fourth-order valence-electron chi connectivity index (χ4n) is 10.7. The summed E-state index contributed by atoms with van der Waals surface area (Å²) in [6.07, 6.45) is 7.91. The Morgan fingerprint density at radius 2 is 1.95 bits per heavy atom. The Balaban J connectivity index is 1.22. The second-order valence-electron chi connectivity index (χ2n) is 14.3. The molecule has 0 bridgehead atoms. The highest BCUT2D eigenvalue weighted by Gasteiger charge is 2.78. The molecule has 7 rings (SSSR count). The Labute approximate surface area is 219 Å². The molecule has 3 saturated carbocycles. The normalized spacial score (nSPS) is 59.8. The van der Waals surface area contributed by atoms with Crippen molar-refractivity contribution in [1.82, 2.24) is 0 Å². The van der Waals surface area contributed by atoms with Crippen molar-refractivity contribution in [2.45, 2.75) is 121 Å². The van der Waals surface area contributed by atoms with Crippen molar-refractivity contribution in [1.29, 1.82) is 0 Å². The lowest BCUT2D eigenvalue weighted by molar-refractivity contribution is -0.208. The van der Waals surface area contributed by atoms with Crippen LogP contribution in [0.5, 0.6) is 0 Å². The molecule has 3 heterocycles. The van der Waals surface area contributed by atoms with Crippen LogP contribution in [0, 0.1) is 40.4 Å². The average molecular weight is 515 g/mol. The van der Waals surface area contributed by atoms with E-state index in [9.17, 15) is 14.7 Å². The Bertz CT molecular complexity index is 1090. The molecule has 3 saturated heterocycles. The molecule has 1 N–H and O–H groups in total. The fraction of sp³-hybridized carbons (Fsp3) is 0.867. The van der Waals surface area contributed by atoms with Crippen molar-refractivity contribution >= 4 is 11.8 Å². The lowest BCUT2D eigenvalue weighted by Gasteiger charge is -2.57. The Morgan fingerprint density at radius 3 is 2.65 bits per heavy atom. The molecule has 7 heteroatoms. The first-order chi connectivity index (χ1) is 17.3. The second-order valence-corrected chi connectivity index (χ2v) is 14.3. The predicted molar refractivity (Wildman–Crippen MR) is 133 cm³/mol. The van der Waals surface area contributed by atoms with Crippen LogP contribution in [0.4, 0.5) is 0 Å². The zero-order chi connectivity index (χ0) is 26.3. The summed E-state index contributed by atoms with van der Waals surface area (Å²) in [6, 6.07) is 0. The molecule has 14 atom stereocenters. The molecular weight excluding hydrogens is 472 g/mol. The van der Waals surface area contributed by atoms with E-state index in [1.54, 1.807) is 6.08 Å². The molecule has 37 heavy (non-hydrogen) atoms. The van der Waals surface area contributed by atoms with Gasteiger partial charge >= 0.3 is 5.97 Å². The van der Waals surface area contributed by atoms with Crippen LogP contribution in [0.2, 0.25) is 0 Å². The zero-order valence-corrected chi connectivity index (χ0v) is 23.0. The van der Waals surface area contributed by atoms with E-state index in [0.717, 1.165) is 38.5 Å². The van der Waals surface area contributed by atoms with Gasteiger partial charge in [-0.2, -0.15) is 0 Å². The van der Waals surface area contributed by atoms with Gasteiger partial charge in [0.15, 0.2) is 12.1 Å². The predicted octanol–water partition coefficient (Wildman–Crippen LogP) is 3.95. The standard InChI is InChI=1S/C30H42O7/c1-15(21-14-27(4)29(6,37-27)25(33)35-21)24-20(34-16(2)31)13-19-17-12-23-30(36-23)10-7-8-22(32)28(30,5)18(17)9-11-26(19,24)3/h7-8,15,17-21,23-25,33H,9-14H2,1-6H3/t15-,17-,18+,19-,20-,21-,23+,24+,25-,26+,27+,28+,29-,30+/m1/s1. The number of allylic oxidation sites excluding steroid dienone is 1. The first kappa shape index (κ1) is 24.7. The van der Waals surface area contributed by atoms with Gasteiger partial charge in [0.1, 0.15) is 22.9 Å². The van der Waals surface area contributed by atoms with Crippen LogP contribution < -0.4 is 0 Å². The molecule has 7 aliphatic rings. The number of ether oxygens (including phenoxy) is 4. The van der Waals surface area contributed by atoms with Gasteiger partial charge in [-0.05, 0) is 88.0 Å². The summed E-state index contributed by atoms with van der Waals surface area (Å²) in [5.41, 5.74) is -1.88. The number of hydrogen-bond acceptors (Lipinski definition) is 7. The zero-order valence-electron chi connectivity index (χ0n) is 23.0. The fourth-order valence-corrected chi connectivity index (χ4v) is 10.7. The highest BCUT2D eigenvalue weighted by Crippen LogP contribution is 2.73. The summed E-state index contributed by atoms with van der Waals surface area (Å²) in [5, 5.41) is 10.8. The molecule has 0 aromatic carbocycles. The van der Waals surface area contributed by atoms with E-state index in [-0.39, 0.29) is 58.8 Å². The maximum atomic E-state index is 13.4. The molecule has 0 aromatic rings. The Morgan fingerprint density at radius 1 is 1.19 bits per heavy atom. The molecule has 4 aliphatic carbocycles. The monoisotopic (exact) mass is 514 g/mol. The summed E-state index contributed by atoms with van der Waals surface area (Å²) >= 11 is 0. The molecule has 3 aliphatic heterocycles. The van der Waals surface area contributed by atoms with E-state index in [4.69, 9.17) is 18.9 Å². The molecule has 204 valence electrons. The van der Waals surface area contributed by atoms with Gasteiger partial charge in [0.25, 0.3) is 0 Å². The van der Waals surface area contributed by atoms with Crippen LogP contribution in [0.1, 0.15) is 80.1 Å². The number of aliphatic hydroxyl groups is 1. The van der Waals surface area contributed by atoms with Crippen molar-refractivity contribution in [2.75, 3.05) is 0 Å². The highest BCUT2D eigenvalue weighted by atomic mass is 16.7. The summed E-state index contributed by atoms with van der Waals surface area (Å²) in [6.45, 7) is 12.2. The maximum absolute atomic E-state index is 13.4. The number of hydrogen-bond donors (Lipinski definition) is 1. The second kappa shape index (κ2) is 7.26. The first-order valence-corrected chi connectivity index (χ1v) is 14.4. The van der Waals surface area contributed by atoms with Crippen LogP contribution in [-0.4, -0.2) is 58.3 Å². The minimum Gasteiger partial charge on any atom is -0.462 e. The van der Waals surface area contributed by atoms with Gasteiger partial charge in [0.2, 0.25) is 0 Å². The van der Waals surface area contributed by atoms with Crippen molar-refractivity contribution in [3.63, 3.8) is 0 Å². The number of esters is 1. The Hall–Kier alpha value is -1.28. The molecule has 0 unspecified atom stereocenters. The van der Waals surface area contributed by atoms with Crippen LogP contribution in [-0.2, 0) is 28.5 Å². The van der Waals surface area contributed by atoms with Crippen LogP contribution in [0.25, 0.3) is 0 Å². The number of rotatable bonds is 3. The number of epoxide rings is 2. The van der Waals surface area contributed by atoms with Crippen molar-refractivity contribution in [3.8, 4) is 0 Å². The van der Waals surface area contributed by atoms with Crippen molar-refractivity contribution in [3.05, 3.63) is 12.2 Å². The van der Waals surface area contributed by atoms with Crippen LogP contribution >= 0.6 is 0 Å².